The van der Waals surface area contributed by atoms with Gasteiger partial charge in [0.1, 0.15) is 5.58 Å². The summed E-state index contributed by atoms with van der Waals surface area (Å²) in [7, 11) is 0. The number of rotatable bonds is 2. The summed E-state index contributed by atoms with van der Waals surface area (Å²) in [5.41, 5.74) is 9.03. The van der Waals surface area contributed by atoms with E-state index in [1.54, 1.807) is 0 Å². The van der Waals surface area contributed by atoms with Crippen molar-refractivity contribution in [2.75, 3.05) is 0 Å². The van der Waals surface area contributed by atoms with Gasteiger partial charge in [-0.3, -0.25) is 0 Å². The fourth-order valence-corrected chi connectivity index (χ4v) is 9.70. The molecule has 50 heavy (non-hydrogen) atoms. The Bertz CT molecular complexity index is 3160. The molecule has 0 aliphatic carbocycles. The molecule has 0 unspecified atom stereocenters. The van der Waals surface area contributed by atoms with E-state index in [9.17, 15) is 0 Å². The Morgan fingerprint density at radius 3 is 1.52 bits per heavy atom. The van der Waals surface area contributed by atoms with E-state index in [1.165, 1.54) is 74.6 Å². The van der Waals surface area contributed by atoms with Crippen LogP contribution in [-0.2, 0) is 0 Å². The van der Waals surface area contributed by atoms with E-state index in [4.69, 9.17) is 4.42 Å². The van der Waals surface area contributed by atoms with E-state index >= 15 is 0 Å². The van der Waals surface area contributed by atoms with Gasteiger partial charge in [-0.05, 0) is 53.2 Å². The van der Waals surface area contributed by atoms with E-state index in [0.717, 1.165) is 33.3 Å². The molecule has 0 N–H and O–H groups in total. The van der Waals surface area contributed by atoms with Gasteiger partial charge in [0.15, 0.2) is 5.58 Å². The number of aromatic nitrogens is 2. The van der Waals surface area contributed by atoms with Crippen LogP contribution in [0, 0.1) is 0 Å². The van der Waals surface area contributed by atoms with E-state index in [-0.39, 0.29) is 0 Å². The monoisotopic (exact) mass is 654 g/mol. The van der Waals surface area contributed by atoms with Crippen molar-refractivity contribution in [2.24, 2.45) is 0 Å². The van der Waals surface area contributed by atoms with Gasteiger partial charge < -0.3 is 13.6 Å². The Morgan fingerprint density at radius 2 is 0.900 bits per heavy atom. The predicted molar refractivity (Wildman–Crippen MR) is 213 cm³/mol. The van der Waals surface area contributed by atoms with Crippen LogP contribution in [0.15, 0.2) is 162 Å². The highest BCUT2D eigenvalue weighted by molar-refractivity contribution is 7.26. The minimum absolute atomic E-state index is 0.912. The van der Waals surface area contributed by atoms with Crippen LogP contribution in [0.3, 0.4) is 0 Å². The second-order valence-corrected chi connectivity index (χ2v) is 14.3. The summed E-state index contributed by atoms with van der Waals surface area (Å²) in [4.78, 5) is 0. The SMILES string of the molecule is c1ccc2c(c1)ccc1c3ccccc3n(-c3ccc4c(c3)oc3c5ccc(-n6c7ccccc7c7ccc8ccccc8c76)cc5sc43)c21. The highest BCUT2D eigenvalue weighted by Gasteiger charge is 2.20. The summed E-state index contributed by atoms with van der Waals surface area (Å²) in [5, 5.41) is 12.4. The molecule has 3 nitrogen and oxygen atoms in total. The Kier molecular flexibility index (Phi) is 5.12. The van der Waals surface area contributed by atoms with E-state index in [1.807, 2.05) is 11.3 Å². The molecule has 232 valence electrons. The van der Waals surface area contributed by atoms with Crippen molar-refractivity contribution in [1.82, 2.24) is 9.13 Å². The molecule has 0 bridgehead atoms. The number of fused-ring (bicyclic) bond motifs is 15. The zero-order valence-electron chi connectivity index (χ0n) is 26.7. The second-order valence-electron chi connectivity index (χ2n) is 13.3. The first-order valence-corrected chi connectivity index (χ1v) is 17.8. The van der Waals surface area contributed by atoms with E-state index < -0.39 is 0 Å². The molecule has 0 saturated heterocycles. The summed E-state index contributed by atoms with van der Waals surface area (Å²) < 4.78 is 14.0. The summed E-state index contributed by atoms with van der Waals surface area (Å²) in [6.45, 7) is 0. The lowest BCUT2D eigenvalue weighted by atomic mass is 10.1. The first-order valence-electron chi connectivity index (χ1n) is 17.0. The maximum absolute atomic E-state index is 6.78. The molecule has 4 heterocycles. The van der Waals surface area contributed by atoms with Gasteiger partial charge >= 0.3 is 0 Å². The molecule has 0 fully saturated rings. The van der Waals surface area contributed by atoms with Gasteiger partial charge in [0.2, 0.25) is 0 Å². The van der Waals surface area contributed by atoms with Gasteiger partial charge in [-0.2, -0.15) is 0 Å². The highest BCUT2D eigenvalue weighted by atomic mass is 32.1. The predicted octanol–water partition coefficient (Wildman–Crippen LogP) is 13.3. The zero-order chi connectivity index (χ0) is 32.5. The molecular formula is C46H26N2OS. The fraction of sp³-hybridized carbons (Fsp3) is 0. The lowest BCUT2D eigenvalue weighted by molar-refractivity contribution is 0.673. The van der Waals surface area contributed by atoms with Crippen LogP contribution in [0.25, 0.3) is 108 Å². The number of hydrogen-bond donors (Lipinski definition) is 0. The second kappa shape index (κ2) is 9.63. The standard InChI is InChI=1S/C46H26N2OS/c1-3-11-31-27(9-1)17-21-35-33-13-5-7-15-39(33)47(43(31)35)29-19-23-37-41(25-29)49-45-38-24-20-30(26-42(38)50-46(37)45)48-40-16-8-6-14-34(40)36-22-18-28-10-2-4-12-32(28)44(36)48/h1-26H. The largest absolute Gasteiger partial charge is 0.454 e. The van der Waals surface area contributed by atoms with Crippen molar-refractivity contribution >= 4 is 108 Å². The van der Waals surface area contributed by atoms with Crippen molar-refractivity contribution in [3.63, 3.8) is 0 Å². The van der Waals surface area contributed by atoms with Crippen LogP contribution in [0.4, 0.5) is 0 Å². The Morgan fingerprint density at radius 1 is 0.400 bits per heavy atom. The average molecular weight is 655 g/mol. The highest BCUT2D eigenvalue weighted by Crippen LogP contribution is 2.44. The quantitative estimate of drug-likeness (QED) is 0.182. The van der Waals surface area contributed by atoms with Crippen molar-refractivity contribution in [3.8, 4) is 11.4 Å². The molecule has 0 radical (unpaired) electrons. The lowest BCUT2D eigenvalue weighted by Gasteiger charge is -2.10. The van der Waals surface area contributed by atoms with Gasteiger partial charge in [-0.1, -0.05) is 109 Å². The third-order valence-corrected chi connectivity index (χ3v) is 11.9. The first kappa shape index (κ1) is 26.6. The molecule has 0 spiro atoms. The molecule has 8 aromatic carbocycles. The first-order chi connectivity index (χ1) is 24.8. The van der Waals surface area contributed by atoms with E-state index in [0.29, 0.717) is 0 Å². The molecular weight excluding hydrogens is 629 g/mol. The number of furan rings is 1. The van der Waals surface area contributed by atoms with Crippen molar-refractivity contribution in [3.05, 3.63) is 158 Å². The van der Waals surface area contributed by atoms with Gasteiger partial charge in [-0.15, -0.1) is 11.3 Å². The molecule has 0 aliphatic heterocycles. The minimum Gasteiger partial charge on any atom is -0.454 e. The number of nitrogens with zero attached hydrogens (tertiary/aromatic N) is 2. The molecule has 4 heteroatoms. The minimum atomic E-state index is 0.912. The maximum Gasteiger partial charge on any atom is 0.154 e. The van der Waals surface area contributed by atoms with Gasteiger partial charge in [0, 0.05) is 65.2 Å². The van der Waals surface area contributed by atoms with Crippen LogP contribution in [0.2, 0.25) is 0 Å². The maximum atomic E-state index is 6.78. The topological polar surface area (TPSA) is 23.0 Å². The summed E-state index contributed by atoms with van der Waals surface area (Å²) in [5.74, 6) is 0. The fourth-order valence-electron chi connectivity index (χ4n) is 8.51. The van der Waals surface area contributed by atoms with Gasteiger partial charge in [0.05, 0.1) is 26.8 Å². The van der Waals surface area contributed by atoms with Gasteiger partial charge in [0.25, 0.3) is 0 Å². The average Bonchev–Trinajstić information content (AvgIpc) is 3.91. The summed E-state index contributed by atoms with van der Waals surface area (Å²) >= 11 is 1.82. The molecule has 0 amide bonds. The Balaban J connectivity index is 1.07. The third-order valence-electron chi connectivity index (χ3n) is 10.7. The molecule has 0 aliphatic rings. The molecule has 12 rings (SSSR count). The zero-order valence-corrected chi connectivity index (χ0v) is 27.5. The number of thiophene rings is 1. The molecule has 0 saturated carbocycles. The molecule has 12 aromatic rings. The van der Waals surface area contributed by atoms with Gasteiger partial charge in [-0.25, -0.2) is 0 Å². The third kappa shape index (κ3) is 3.43. The molecule has 0 atom stereocenters. The van der Waals surface area contributed by atoms with Crippen LogP contribution in [0.1, 0.15) is 0 Å². The van der Waals surface area contributed by atoms with Crippen LogP contribution >= 0.6 is 11.3 Å². The summed E-state index contributed by atoms with van der Waals surface area (Å²) in [6, 6.07) is 57.4. The van der Waals surface area contributed by atoms with Crippen LogP contribution in [0.5, 0.6) is 0 Å². The number of para-hydroxylation sites is 2. The normalized spacial score (nSPS) is 12.4. The van der Waals surface area contributed by atoms with Crippen molar-refractivity contribution < 1.29 is 4.42 Å². The smallest absolute Gasteiger partial charge is 0.154 e. The molecule has 4 aromatic heterocycles. The number of benzene rings is 8. The Labute approximate surface area is 289 Å². The van der Waals surface area contributed by atoms with Crippen LogP contribution in [-0.4, -0.2) is 9.13 Å². The van der Waals surface area contributed by atoms with Crippen molar-refractivity contribution in [1.29, 1.82) is 0 Å². The van der Waals surface area contributed by atoms with Crippen LogP contribution < -0.4 is 0 Å². The summed E-state index contributed by atoms with van der Waals surface area (Å²) in [6.07, 6.45) is 0. The lowest BCUT2D eigenvalue weighted by Crippen LogP contribution is -1.94. The van der Waals surface area contributed by atoms with Crippen molar-refractivity contribution in [2.45, 2.75) is 0 Å². The number of hydrogen-bond acceptors (Lipinski definition) is 2. The van der Waals surface area contributed by atoms with E-state index in [2.05, 4.69) is 167 Å². The Hall–Kier alpha value is -6.36.